The highest BCUT2D eigenvalue weighted by molar-refractivity contribution is 6.32. The molecule has 166 valence electrons. The van der Waals surface area contributed by atoms with E-state index in [-0.39, 0.29) is 12.7 Å². The summed E-state index contributed by atoms with van der Waals surface area (Å²) < 4.78 is 17.4. The van der Waals surface area contributed by atoms with E-state index in [4.69, 9.17) is 25.8 Å². The third-order valence-electron chi connectivity index (χ3n) is 5.15. The Labute approximate surface area is 186 Å². The zero-order chi connectivity index (χ0) is 22.2. The smallest absolute Gasteiger partial charge is 0.489 e. The maximum atomic E-state index is 12.4. The molecule has 2 aromatic rings. The minimum Gasteiger partial charge on any atom is -0.489 e. The predicted octanol–water partition coefficient (Wildman–Crippen LogP) is 3.34. The number of hydrogen-bond donors (Lipinski definition) is 2. The number of halogens is 1. The lowest BCUT2D eigenvalue weighted by Gasteiger charge is -2.24. The van der Waals surface area contributed by atoms with E-state index < -0.39 is 24.8 Å². The van der Waals surface area contributed by atoms with E-state index >= 15 is 0 Å². The van der Waals surface area contributed by atoms with Crippen molar-refractivity contribution in [3.8, 4) is 5.75 Å². The van der Waals surface area contributed by atoms with Crippen molar-refractivity contribution in [2.24, 2.45) is 0 Å². The summed E-state index contributed by atoms with van der Waals surface area (Å²) in [4.78, 5) is 12.4. The average molecular weight is 449 g/mol. The Balaban J connectivity index is 1.63. The summed E-state index contributed by atoms with van der Waals surface area (Å²) in [6, 6.07) is 13.1. The largest absolute Gasteiger partial charge is 0.596 e. The molecule has 7 nitrogen and oxygen atoms in total. The Kier molecular flexibility index (Phi) is 8.43. The first kappa shape index (κ1) is 23.2. The van der Waals surface area contributed by atoms with Gasteiger partial charge in [0.1, 0.15) is 37.9 Å². The van der Waals surface area contributed by atoms with Crippen molar-refractivity contribution in [3.05, 3.63) is 64.7 Å². The minimum atomic E-state index is -1.22. The Hall–Kier alpha value is -2.45. The van der Waals surface area contributed by atoms with Crippen LogP contribution in [0.2, 0.25) is 5.02 Å². The first-order valence-electron chi connectivity index (χ1n) is 10.1. The molecular formula is C23H27ClNO6+. The van der Waals surface area contributed by atoms with Gasteiger partial charge in [0, 0.05) is 12.8 Å². The molecule has 2 N–H and O–H groups in total. The van der Waals surface area contributed by atoms with Crippen LogP contribution in [0.1, 0.15) is 30.1 Å². The molecule has 1 saturated heterocycles. The predicted molar refractivity (Wildman–Crippen MR) is 116 cm³/mol. The molecule has 2 aromatic carbocycles. The van der Waals surface area contributed by atoms with Crippen molar-refractivity contribution in [2.75, 3.05) is 19.8 Å². The summed E-state index contributed by atoms with van der Waals surface area (Å²) in [7, 11) is 0. The molecule has 1 fully saturated rings. The highest BCUT2D eigenvalue weighted by Crippen LogP contribution is 2.31. The van der Waals surface area contributed by atoms with Crippen LogP contribution in [-0.2, 0) is 16.1 Å². The second-order valence-electron chi connectivity index (χ2n) is 7.32. The molecule has 1 amide bonds. The van der Waals surface area contributed by atoms with Gasteiger partial charge in [-0.25, -0.2) is 0 Å². The molecular weight excluding hydrogens is 422 g/mol. The van der Waals surface area contributed by atoms with E-state index in [1.54, 1.807) is 18.2 Å². The lowest BCUT2D eigenvalue weighted by molar-refractivity contribution is -0.499. The number of aliphatic hydroxyl groups is 2. The minimum absolute atomic E-state index is 0.0296. The van der Waals surface area contributed by atoms with Crippen molar-refractivity contribution in [3.63, 3.8) is 0 Å². The van der Waals surface area contributed by atoms with Gasteiger partial charge in [-0.3, -0.25) is 0 Å². The third kappa shape index (κ3) is 6.27. The molecule has 3 rings (SSSR count). The van der Waals surface area contributed by atoms with E-state index in [1.807, 2.05) is 30.3 Å². The standard InChI is InChI=1S/C23H27ClNO6/c1-25(23(28)30-15-16-5-3-2-4-6-16)20(14-26)22(27)17-7-8-21(19(24)13-17)31-18-9-11-29-12-10-18/h2-8,13,18,20,22,26-27H,1,9-12,14-15H2/q+1. The van der Waals surface area contributed by atoms with Gasteiger partial charge in [-0.05, 0) is 23.3 Å². The maximum Gasteiger partial charge on any atom is 0.596 e. The van der Waals surface area contributed by atoms with Crippen LogP contribution in [0, 0.1) is 0 Å². The fourth-order valence-corrected chi connectivity index (χ4v) is 3.53. The van der Waals surface area contributed by atoms with E-state index in [0.717, 1.165) is 23.0 Å². The lowest BCUT2D eigenvalue weighted by atomic mass is 10.0. The van der Waals surface area contributed by atoms with Gasteiger partial charge < -0.3 is 24.4 Å². The molecule has 1 aliphatic heterocycles. The van der Waals surface area contributed by atoms with Gasteiger partial charge in [-0.15, -0.1) is 4.58 Å². The van der Waals surface area contributed by atoms with Crippen LogP contribution in [0.25, 0.3) is 0 Å². The summed E-state index contributed by atoms with van der Waals surface area (Å²) in [6.07, 6.45) is -0.375. The van der Waals surface area contributed by atoms with E-state index in [2.05, 4.69) is 6.72 Å². The topological polar surface area (TPSA) is 88.2 Å². The molecule has 0 saturated carbocycles. The van der Waals surface area contributed by atoms with Gasteiger partial charge in [-0.1, -0.05) is 48.0 Å². The van der Waals surface area contributed by atoms with Gasteiger partial charge in [0.25, 0.3) is 0 Å². The fraction of sp³-hybridized carbons (Fsp3) is 0.391. The van der Waals surface area contributed by atoms with Gasteiger partial charge >= 0.3 is 6.09 Å². The monoisotopic (exact) mass is 448 g/mol. The second kappa shape index (κ2) is 11.2. The Morgan fingerprint density at radius 1 is 1.23 bits per heavy atom. The van der Waals surface area contributed by atoms with Crippen molar-refractivity contribution in [2.45, 2.75) is 37.7 Å². The van der Waals surface area contributed by atoms with E-state index in [9.17, 15) is 15.0 Å². The van der Waals surface area contributed by atoms with E-state index in [0.29, 0.717) is 29.5 Å². The summed E-state index contributed by atoms with van der Waals surface area (Å²) in [5.74, 6) is 0.513. The average Bonchev–Trinajstić information content (AvgIpc) is 2.80. The first-order chi connectivity index (χ1) is 15.0. The highest BCUT2D eigenvalue weighted by atomic mass is 35.5. The fourth-order valence-electron chi connectivity index (χ4n) is 3.30. The van der Waals surface area contributed by atoms with Crippen LogP contribution in [0.3, 0.4) is 0 Å². The molecule has 0 spiro atoms. The molecule has 0 aromatic heterocycles. The number of nitrogens with zero attached hydrogens (tertiary/aromatic N) is 1. The number of carbonyl (C=O) groups is 1. The molecule has 2 atom stereocenters. The zero-order valence-corrected chi connectivity index (χ0v) is 17.9. The Morgan fingerprint density at radius 3 is 2.58 bits per heavy atom. The van der Waals surface area contributed by atoms with Crippen molar-refractivity contribution in [1.82, 2.24) is 0 Å². The number of rotatable bonds is 8. The van der Waals surface area contributed by atoms with Crippen LogP contribution in [0.15, 0.2) is 48.5 Å². The highest BCUT2D eigenvalue weighted by Gasteiger charge is 2.35. The third-order valence-corrected chi connectivity index (χ3v) is 5.45. The van der Waals surface area contributed by atoms with Gasteiger partial charge in [-0.2, -0.15) is 4.79 Å². The summed E-state index contributed by atoms with van der Waals surface area (Å²) in [5.41, 5.74) is 1.24. The normalized spacial score (nSPS) is 16.4. The number of amides is 1. The van der Waals surface area contributed by atoms with Gasteiger partial charge in [0.05, 0.1) is 18.2 Å². The molecule has 1 aliphatic rings. The summed E-state index contributed by atoms with van der Waals surface area (Å²) in [6.45, 7) is 4.50. The molecule has 31 heavy (non-hydrogen) atoms. The van der Waals surface area contributed by atoms with Crippen molar-refractivity contribution >= 4 is 24.4 Å². The zero-order valence-electron chi connectivity index (χ0n) is 17.2. The molecule has 0 radical (unpaired) electrons. The van der Waals surface area contributed by atoms with Gasteiger partial charge in [0.15, 0.2) is 0 Å². The van der Waals surface area contributed by atoms with Crippen molar-refractivity contribution < 1.29 is 33.8 Å². The van der Waals surface area contributed by atoms with Gasteiger partial charge in [0.2, 0.25) is 6.04 Å². The van der Waals surface area contributed by atoms with E-state index in [1.165, 1.54) is 0 Å². The number of ether oxygens (including phenoxy) is 3. The van der Waals surface area contributed by atoms with Crippen LogP contribution in [0.5, 0.6) is 5.75 Å². The maximum absolute atomic E-state index is 12.4. The van der Waals surface area contributed by atoms with Crippen LogP contribution < -0.4 is 4.74 Å². The number of carbonyl (C=O) groups excluding carboxylic acids is 1. The number of aliphatic hydroxyl groups excluding tert-OH is 2. The Morgan fingerprint density at radius 2 is 1.94 bits per heavy atom. The summed E-state index contributed by atoms with van der Waals surface area (Å²) >= 11 is 6.35. The van der Waals surface area contributed by atoms with Crippen LogP contribution in [-0.4, -0.2) is 59.6 Å². The molecule has 1 heterocycles. The second-order valence-corrected chi connectivity index (χ2v) is 7.73. The number of benzene rings is 2. The number of hydrogen-bond acceptors (Lipinski definition) is 6. The first-order valence-corrected chi connectivity index (χ1v) is 10.5. The molecule has 0 aliphatic carbocycles. The quantitative estimate of drug-likeness (QED) is 0.475. The summed E-state index contributed by atoms with van der Waals surface area (Å²) in [5, 5.41) is 20.9. The van der Waals surface area contributed by atoms with Crippen LogP contribution in [0.4, 0.5) is 4.79 Å². The molecule has 8 heteroatoms. The molecule has 0 bridgehead atoms. The molecule has 2 unspecified atom stereocenters. The SMILES string of the molecule is C=[N+](C(=O)OCc1ccccc1)C(CO)C(O)c1ccc(OC2CCOCC2)c(Cl)c1. The lowest BCUT2D eigenvalue weighted by Crippen LogP contribution is -2.38. The van der Waals surface area contributed by atoms with Crippen LogP contribution >= 0.6 is 11.6 Å². The van der Waals surface area contributed by atoms with Crippen molar-refractivity contribution in [1.29, 1.82) is 0 Å². The Bertz CT molecular complexity index is 885.